The van der Waals surface area contributed by atoms with Gasteiger partial charge in [-0.1, -0.05) is 38.1 Å². The van der Waals surface area contributed by atoms with Gasteiger partial charge in [0.1, 0.15) is 11.4 Å². The lowest BCUT2D eigenvalue weighted by molar-refractivity contribution is 0.0519. The molecule has 0 unspecified atom stereocenters. The van der Waals surface area contributed by atoms with E-state index in [9.17, 15) is 13.2 Å². The largest absolute Gasteiger partial charge is 0.497 e. The van der Waals surface area contributed by atoms with E-state index >= 15 is 0 Å². The molecule has 3 rings (SSSR count). The zero-order valence-corrected chi connectivity index (χ0v) is 22.0. The average Bonchev–Trinajstić information content (AvgIpc) is 3.13. The first-order chi connectivity index (χ1) is 16.6. The number of methoxy groups -OCH3 is 1. The molecular formula is C27H34N2O5S. The number of nitrogens with zero attached hydrogens (tertiary/aromatic N) is 1. The van der Waals surface area contributed by atoms with Crippen LogP contribution < -0.4 is 4.74 Å². The second kappa shape index (κ2) is 11.1. The molecule has 1 heterocycles. The normalized spacial score (nSPS) is 11.8. The number of benzene rings is 2. The van der Waals surface area contributed by atoms with Gasteiger partial charge in [-0.25, -0.2) is 13.2 Å². The minimum absolute atomic E-state index is 0.0758. The maximum Gasteiger partial charge on any atom is 0.355 e. The predicted molar refractivity (Wildman–Crippen MR) is 136 cm³/mol. The summed E-state index contributed by atoms with van der Waals surface area (Å²) in [7, 11) is -2.25. The molecule has 0 bridgehead atoms. The summed E-state index contributed by atoms with van der Waals surface area (Å²) in [5, 5.41) is 0. The molecule has 0 aliphatic carbocycles. The second-order valence-electron chi connectivity index (χ2n) is 8.79. The summed E-state index contributed by atoms with van der Waals surface area (Å²) < 4.78 is 39.4. The van der Waals surface area contributed by atoms with E-state index in [0.717, 1.165) is 22.3 Å². The predicted octanol–water partition coefficient (Wildman–Crippen LogP) is 5.33. The quantitative estimate of drug-likeness (QED) is 0.382. The van der Waals surface area contributed by atoms with Crippen LogP contribution in [0.15, 0.2) is 53.4 Å². The standard InChI is InChI=1S/C27H34N2O5S/c1-7-34-27(30)26-20(5)19(4)25(28-26)17-29(16-21-8-12-23(33-6)13-9-21)35(31,32)24-14-10-22(11-15-24)18(2)3/h8-15,18,28H,7,16-17H2,1-6H3. The molecule has 35 heavy (non-hydrogen) atoms. The van der Waals surface area contributed by atoms with Gasteiger partial charge in [-0.15, -0.1) is 0 Å². The number of carbonyl (C=O) groups is 1. The monoisotopic (exact) mass is 498 g/mol. The van der Waals surface area contributed by atoms with E-state index in [-0.39, 0.29) is 24.6 Å². The highest BCUT2D eigenvalue weighted by molar-refractivity contribution is 7.89. The van der Waals surface area contributed by atoms with Crippen molar-refractivity contribution in [1.82, 2.24) is 9.29 Å². The third-order valence-corrected chi connectivity index (χ3v) is 7.99. The SMILES string of the molecule is CCOC(=O)c1[nH]c(CN(Cc2ccc(OC)cc2)S(=O)(=O)c2ccc(C(C)C)cc2)c(C)c1C. The molecule has 1 aromatic heterocycles. The Morgan fingerprint density at radius 1 is 0.971 bits per heavy atom. The lowest BCUT2D eigenvalue weighted by Gasteiger charge is -2.23. The average molecular weight is 499 g/mol. The second-order valence-corrected chi connectivity index (χ2v) is 10.7. The molecule has 0 amide bonds. The molecule has 8 heteroatoms. The van der Waals surface area contributed by atoms with Gasteiger partial charge in [0, 0.05) is 12.2 Å². The maximum atomic E-state index is 13.8. The molecule has 0 radical (unpaired) electrons. The molecule has 2 aromatic carbocycles. The minimum atomic E-state index is -3.84. The van der Waals surface area contributed by atoms with Crippen molar-refractivity contribution in [1.29, 1.82) is 0 Å². The van der Waals surface area contributed by atoms with Crippen molar-refractivity contribution in [3.05, 3.63) is 82.2 Å². The lowest BCUT2D eigenvalue weighted by Crippen LogP contribution is -2.30. The van der Waals surface area contributed by atoms with Crippen molar-refractivity contribution in [2.75, 3.05) is 13.7 Å². The van der Waals surface area contributed by atoms with Crippen molar-refractivity contribution in [3.8, 4) is 5.75 Å². The molecule has 0 saturated heterocycles. The molecule has 7 nitrogen and oxygen atoms in total. The summed E-state index contributed by atoms with van der Waals surface area (Å²) in [4.78, 5) is 15.7. The number of ether oxygens (including phenoxy) is 2. The Balaban J connectivity index is 2.01. The van der Waals surface area contributed by atoms with Crippen molar-refractivity contribution in [2.45, 2.75) is 58.5 Å². The number of H-pyrrole nitrogens is 1. The summed E-state index contributed by atoms with van der Waals surface area (Å²) in [6.07, 6.45) is 0. The van der Waals surface area contributed by atoms with Gasteiger partial charge in [-0.05, 0) is 73.2 Å². The van der Waals surface area contributed by atoms with E-state index in [1.807, 2.05) is 38.1 Å². The third kappa shape index (κ3) is 5.94. The number of hydrogen-bond acceptors (Lipinski definition) is 5. The Bertz CT molecular complexity index is 1260. The fourth-order valence-electron chi connectivity index (χ4n) is 3.83. The molecule has 3 aromatic rings. The van der Waals surface area contributed by atoms with E-state index in [1.54, 1.807) is 38.3 Å². The van der Waals surface area contributed by atoms with Crippen molar-refractivity contribution < 1.29 is 22.7 Å². The van der Waals surface area contributed by atoms with Crippen LogP contribution in [0.4, 0.5) is 0 Å². The van der Waals surface area contributed by atoms with Crippen molar-refractivity contribution >= 4 is 16.0 Å². The van der Waals surface area contributed by atoms with Crippen molar-refractivity contribution in [3.63, 3.8) is 0 Å². The van der Waals surface area contributed by atoms with Gasteiger partial charge >= 0.3 is 5.97 Å². The highest BCUT2D eigenvalue weighted by Gasteiger charge is 2.28. The number of aromatic amines is 1. The molecular weight excluding hydrogens is 464 g/mol. The number of sulfonamides is 1. The summed E-state index contributed by atoms with van der Waals surface area (Å²) >= 11 is 0. The molecule has 0 atom stereocenters. The fraction of sp³-hybridized carbons (Fsp3) is 0.370. The first-order valence-electron chi connectivity index (χ1n) is 11.7. The van der Waals surface area contributed by atoms with Crippen LogP contribution in [0, 0.1) is 13.8 Å². The van der Waals surface area contributed by atoms with Crippen LogP contribution >= 0.6 is 0 Å². The van der Waals surface area contributed by atoms with Crippen LogP contribution in [0.5, 0.6) is 5.75 Å². The number of rotatable bonds is 10. The first kappa shape index (κ1) is 26.5. The van der Waals surface area contributed by atoms with Crippen LogP contribution in [0.2, 0.25) is 0 Å². The number of carbonyl (C=O) groups excluding carboxylic acids is 1. The Morgan fingerprint density at radius 2 is 1.60 bits per heavy atom. The summed E-state index contributed by atoms with van der Waals surface area (Å²) in [5.41, 5.74) is 4.48. The Morgan fingerprint density at radius 3 is 2.14 bits per heavy atom. The minimum Gasteiger partial charge on any atom is -0.497 e. The van der Waals surface area contributed by atoms with E-state index < -0.39 is 16.0 Å². The molecule has 0 aliphatic rings. The van der Waals surface area contributed by atoms with E-state index in [0.29, 0.717) is 23.1 Å². The van der Waals surface area contributed by atoms with Gasteiger partial charge in [0.2, 0.25) is 10.0 Å². The van der Waals surface area contributed by atoms with E-state index in [2.05, 4.69) is 18.8 Å². The highest BCUT2D eigenvalue weighted by Crippen LogP contribution is 2.26. The number of hydrogen-bond donors (Lipinski definition) is 1. The van der Waals surface area contributed by atoms with Crippen LogP contribution in [0.3, 0.4) is 0 Å². The molecule has 188 valence electrons. The molecule has 1 N–H and O–H groups in total. The summed E-state index contributed by atoms with van der Waals surface area (Å²) in [6, 6.07) is 14.3. The zero-order valence-electron chi connectivity index (χ0n) is 21.2. The number of aromatic nitrogens is 1. The van der Waals surface area contributed by atoms with Gasteiger partial charge in [0.25, 0.3) is 0 Å². The number of esters is 1. The Labute approximate surface area is 208 Å². The van der Waals surface area contributed by atoms with Gasteiger partial charge in [0.15, 0.2) is 0 Å². The third-order valence-electron chi connectivity index (χ3n) is 6.18. The van der Waals surface area contributed by atoms with Crippen LogP contribution in [-0.2, 0) is 27.8 Å². The van der Waals surface area contributed by atoms with Crippen LogP contribution in [0.1, 0.15) is 65.1 Å². The topological polar surface area (TPSA) is 88.7 Å². The van der Waals surface area contributed by atoms with Crippen LogP contribution in [-0.4, -0.2) is 37.4 Å². The summed E-state index contributed by atoms with van der Waals surface area (Å²) in [6.45, 7) is 10.1. The highest BCUT2D eigenvalue weighted by atomic mass is 32.2. The Hall–Kier alpha value is -3.10. The molecule has 0 fully saturated rings. The number of nitrogens with one attached hydrogen (secondary N) is 1. The van der Waals surface area contributed by atoms with Gasteiger partial charge in [0.05, 0.1) is 25.2 Å². The lowest BCUT2D eigenvalue weighted by atomic mass is 10.0. The molecule has 0 saturated carbocycles. The van der Waals surface area contributed by atoms with Gasteiger partial charge in [-0.2, -0.15) is 4.31 Å². The molecule has 0 aliphatic heterocycles. The first-order valence-corrected chi connectivity index (χ1v) is 13.1. The summed E-state index contributed by atoms with van der Waals surface area (Å²) in [5.74, 6) is 0.545. The fourth-order valence-corrected chi connectivity index (χ4v) is 5.22. The Kier molecular flexibility index (Phi) is 8.40. The van der Waals surface area contributed by atoms with Crippen LogP contribution in [0.25, 0.3) is 0 Å². The maximum absolute atomic E-state index is 13.8. The smallest absolute Gasteiger partial charge is 0.355 e. The van der Waals surface area contributed by atoms with E-state index in [4.69, 9.17) is 9.47 Å². The molecule has 0 spiro atoms. The zero-order chi connectivity index (χ0) is 25.8. The van der Waals surface area contributed by atoms with Gasteiger partial charge < -0.3 is 14.5 Å². The van der Waals surface area contributed by atoms with E-state index in [1.165, 1.54) is 4.31 Å². The van der Waals surface area contributed by atoms with Gasteiger partial charge in [-0.3, -0.25) is 0 Å². The van der Waals surface area contributed by atoms with Crippen molar-refractivity contribution in [2.24, 2.45) is 0 Å².